The van der Waals surface area contributed by atoms with Gasteiger partial charge < -0.3 is 9.88 Å². The average molecular weight is 408 g/mol. The number of carbonyl (C=O) groups is 1. The number of sulfonamides is 1. The third-order valence-corrected chi connectivity index (χ3v) is 7.22. The maximum absolute atomic E-state index is 13.1. The number of amides is 1. The smallest absolute Gasteiger partial charge is 0.256 e. The minimum Gasteiger partial charge on any atom is -0.358 e. The Balaban J connectivity index is 1.54. The van der Waals surface area contributed by atoms with Gasteiger partial charge in [0.1, 0.15) is 6.07 Å². The number of H-pyrrole nitrogens is 1. The summed E-state index contributed by atoms with van der Waals surface area (Å²) in [5, 5.41) is 10.1. The van der Waals surface area contributed by atoms with Crippen LogP contribution < -0.4 is 0 Å². The van der Waals surface area contributed by atoms with E-state index in [2.05, 4.69) is 4.98 Å². The van der Waals surface area contributed by atoms with Crippen LogP contribution in [0.5, 0.6) is 0 Å². The molecule has 1 amide bonds. The van der Waals surface area contributed by atoms with Gasteiger partial charge in [-0.05, 0) is 25.1 Å². The van der Waals surface area contributed by atoms with E-state index in [9.17, 15) is 18.5 Å². The summed E-state index contributed by atoms with van der Waals surface area (Å²) in [5.41, 5.74) is 2.46. The number of hydrogen-bond acceptors (Lipinski definition) is 4. The molecular formula is C21H20N4O3S. The van der Waals surface area contributed by atoms with Crippen LogP contribution in [0, 0.1) is 18.3 Å². The first kappa shape index (κ1) is 19.2. The Morgan fingerprint density at radius 2 is 1.69 bits per heavy atom. The molecule has 0 bridgehead atoms. The van der Waals surface area contributed by atoms with E-state index in [4.69, 9.17) is 0 Å². The van der Waals surface area contributed by atoms with Gasteiger partial charge in [-0.3, -0.25) is 4.79 Å². The van der Waals surface area contributed by atoms with Crippen molar-refractivity contribution in [2.45, 2.75) is 11.8 Å². The number of fused-ring (bicyclic) bond motifs is 1. The van der Waals surface area contributed by atoms with Crippen LogP contribution in [0.1, 0.15) is 21.6 Å². The van der Waals surface area contributed by atoms with Crippen LogP contribution in [0.25, 0.3) is 10.9 Å². The van der Waals surface area contributed by atoms with Crippen LogP contribution in [-0.2, 0) is 10.0 Å². The van der Waals surface area contributed by atoms with Crippen LogP contribution in [0.2, 0.25) is 0 Å². The van der Waals surface area contributed by atoms with E-state index in [-0.39, 0.29) is 29.5 Å². The molecule has 3 aromatic rings. The second-order valence-electron chi connectivity index (χ2n) is 6.97. The molecule has 0 radical (unpaired) electrons. The highest BCUT2D eigenvalue weighted by Crippen LogP contribution is 2.25. The number of piperazine rings is 1. The molecule has 0 spiro atoms. The van der Waals surface area contributed by atoms with Crippen LogP contribution in [0.15, 0.2) is 53.4 Å². The lowest BCUT2D eigenvalue weighted by molar-refractivity contribution is 0.0699. The number of nitriles is 1. The van der Waals surface area contributed by atoms with Crippen LogP contribution >= 0.6 is 0 Å². The first-order valence-electron chi connectivity index (χ1n) is 9.29. The predicted molar refractivity (Wildman–Crippen MR) is 109 cm³/mol. The quantitative estimate of drug-likeness (QED) is 0.720. The summed E-state index contributed by atoms with van der Waals surface area (Å²) >= 11 is 0. The number of carbonyl (C=O) groups excluding carboxylic acids is 1. The van der Waals surface area contributed by atoms with Crippen molar-refractivity contribution in [1.82, 2.24) is 14.2 Å². The Bertz CT molecular complexity index is 1230. The summed E-state index contributed by atoms with van der Waals surface area (Å²) in [6, 6.07) is 15.8. The number of aryl methyl sites for hydroxylation is 1. The molecule has 1 aliphatic heterocycles. The number of hydrogen-bond donors (Lipinski definition) is 1. The molecule has 2 aromatic carbocycles. The lowest BCUT2D eigenvalue weighted by Crippen LogP contribution is -2.50. The third kappa shape index (κ3) is 3.28. The standard InChI is InChI=1S/C21H20N4O3S/c1-15-20(17-7-3-4-8-18(17)23-15)21(26)24-10-12-25(13-11-24)29(27,28)19-9-5-2-6-16(19)14-22/h2-9,23H,10-13H2,1H3. The number of aromatic nitrogens is 1. The Labute approximate surface area is 169 Å². The van der Waals surface area contributed by atoms with Crippen molar-refractivity contribution in [3.05, 3.63) is 65.4 Å². The number of nitrogens with zero attached hydrogens (tertiary/aromatic N) is 3. The van der Waals surface area contributed by atoms with Crippen LogP contribution in [-0.4, -0.2) is 54.7 Å². The molecule has 0 atom stereocenters. The summed E-state index contributed by atoms with van der Waals surface area (Å²) in [7, 11) is -3.78. The van der Waals surface area contributed by atoms with Crippen molar-refractivity contribution in [3.63, 3.8) is 0 Å². The largest absolute Gasteiger partial charge is 0.358 e. The highest BCUT2D eigenvalue weighted by molar-refractivity contribution is 7.89. The van der Waals surface area contributed by atoms with Crippen molar-refractivity contribution in [2.75, 3.05) is 26.2 Å². The lowest BCUT2D eigenvalue weighted by atomic mass is 10.1. The molecule has 1 saturated heterocycles. The molecule has 0 saturated carbocycles. The van der Waals surface area contributed by atoms with Gasteiger partial charge in [0, 0.05) is 42.8 Å². The van der Waals surface area contributed by atoms with E-state index < -0.39 is 10.0 Å². The molecule has 29 heavy (non-hydrogen) atoms. The van der Waals surface area contributed by atoms with E-state index in [1.54, 1.807) is 17.0 Å². The fourth-order valence-corrected chi connectivity index (χ4v) is 5.33. The zero-order valence-electron chi connectivity index (χ0n) is 15.9. The zero-order chi connectivity index (χ0) is 20.6. The maximum atomic E-state index is 13.1. The highest BCUT2D eigenvalue weighted by atomic mass is 32.2. The predicted octanol–water partition coefficient (Wildman–Crippen LogP) is 2.49. The summed E-state index contributed by atoms with van der Waals surface area (Å²) in [6.45, 7) is 2.84. The molecule has 1 N–H and O–H groups in total. The Morgan fingerprint density at radius 1 is 1.03 bits per heavy atom. The van der Waals surface area contributed by atoms with Gasteiger partial charge in [0.25, 0.3) is 5.91 Å². The molecule has 1 aliphatic rings. The van der Waals surface area contributed by atoms with Crippen molar-refractivity contribution in [1.29, 1.82) is 5.26 Å². The fraction of sp³-hybridized carbons (Fsp3) is 0.238. The summed E-state index contributed by atoms with van der Waals surface area (Å²) in [5.74, 6) is -0.102. The first-order valence-corrected chi connectivity index (χ1v) is 10.7. The molecule has 0 aliphatic carbocycles. The van der Waals surface area contributed by atoms with Crippen LogP contribution in [0.3, 0.4) is 0 Å². The minimum absolute atomic E-state index is 0.00903. The Hall–Kier alpha value is -3.15. The van der Waals surface area contributed by atoms with Gasteiger partial charge in [0.15, 0.2) is 0 Å². The Kier molecular flexibility index (Phi) is 4.86. The molecule has 1 fully saturated rings. The van der Waals surface area contributed by atoms with Gasteiger partial charge in [0.05, 0.1) is 16.0 Å². The molecule has 8 heteroatoms. The number of benzene rings is 2. The second kappa shape index (κ2) is 7.35. The maximum Gasteiger partial charge on any atom is 0.256 e. The number of aromatic amines is 1. The van der Waals surface area contributed by atoms with Crippen molar-refractivity contribution >= 4 is 26.8 Å². The molecular weight excluding hydrogens is 388 g/mol. The Morgan fingerprint density at radius 3 is 2.41 bits per heavy atom. The van der Waals surface area contributed by atoms with Gasteiger partial charge in [0.2, 0.25) is 10.0 Å². The molecule has 7 nitrogen and oxygen atoms in total. The average Bonchev–Trinajstić information content (AvgIpc) is 3.09. The fourth-order valence-electron chi connectivity index (χ4n) is 3.76. The minimum atomic E-state index is -3.78. The second-order valence-corrected chi connectivity index (χ2v) is 8.88. The van der Waals surface area contributed by atoms with E-state index in [1.165, 1.54) is 16.4 Å². The highest BCUT2D eigenvalue weighted by Gasteiger charge is 2.32. The topological polar surface area (TPSA) is 97.3 Å². The summed E-state index contributed by atoms with van der Waals surface area (Å²) in [6.07, 6.45) is 0. The van der Waals surface area contributed by atoms with E-state index in [1.807, 2.05) is 37.3 Å². The van der Waals surface area contributed by atoms with Gasteiger partial charge in [-0.15, -0.1) is 0 Å². The SMILES string of the molecule is Cc1[nH]c2ccccc2c1C(=O)N1CCN(S(=O)(=O)c2ccccc2C#N)CC1. The normalized spacial score (nSPS) is 15.4. The monoisotopic (exact) mass is 408 g/mol. The van der Waals surface area contributed by atoms with E-state index >= 15 is 0 Å². The number of nitrogens with one attached hydrogen (secondary N) is 1. The van der Waals surface area contributed by atoms with E-state index in [0.717, 1.165) is 16.6 Å². The third-order valence-electron chi connectivity index (χ3n) is 5.26. The lowest BCUT2D eigenvalue weighted by Gasteiger charge is -2.34. The summed E-state index contributed by atoms with van der Waals surface area (Å²) < 4.78 is 27.3. The van der Waals surface area contributed by atoms with Crippen molar-refractivity contribution < 1.29 is 13.2 Å². The van der Waals surface area contributed by atoms with Gasteiger partial charge >= 0.3 is 0 Å². The van der Waals surface area contributed by atoms with Crippen LogP contribution in [0.4, 0.5) is 0 Å². The van der Waals surface area contributed by atoms with Gasteiger partial charge in [-0.2, -0.15) is 9.57 Å². The molecule has 0 unspecified atom stereocenters. The van der Waals surface area contributed by atoms with Crippen molar-refractivity contribution in [3.8, 4) is 6.07 Å². The first-order chi connectivity index (χ1) is 13.9. The van der Waals surface area contributed by atoms with Crippen molar-refractivity contribution in [2.24, 2.45) is 0 Å². The molecule has 1 aromatic heterocycles. The van der Waals surface area contributed by atoms with Gasteiger partial charge in [-0.25, -0.2) is 8.42 Å². The number of para-hydroxylation sites is 1. The van der Waals surface area contributed by atoms with E-state index in [0.29, 0.717) is 18.7 Å². The molecule has 148 valence electrons. The van der Waals surface area contributed by atoms with Gasteiger partial charge in [-0.1, -0.05) is 30.3 Å². The molecule has 2 heterocycles. The summed E-state index contributed by atoms with van der Waals surface area (Å²) in [4.78, 5) is 18.0. The zero-order valence-corrected chi connectivity index (χ0v) is 16.7. The number of rotatable bonds is 3. The molecule has 4 rings (SSSR count).